The van der Waals surface area contributed by atoms with Crippen LogP contribution in [0.3, 0.4) is 0 Å². The molecule has 7 aromatic carbocycles. The minimum atomic E-state index is -0.116. The van der Waals surface area contributed by atoms with E-state index < -0.39 is 0 Å². The molecule has 2 nitrogen and oxygen atoms in total. The van der Waals surface area contributed by atoms with Crippen LogP contribution in [-0.4, -0.2) is 11.8 Å². The number of aromatic nitrogens is 1. The van der Waals surface area contributed by atoms with Crippen molar-refractivity contribution in [1.29, 1.82) is 0 Å². The molecule has 2 aliphatic carbocycles. The topological polar surface area (TPSA) is 17.0 Å². The predicted molar refractivity (Wildman–Crippen MR) is 284 cm³/mol. The Morgan fingerprint density at radius 3 is 1.97 bits per heavy atom. The molecule has 0 spiro atoms. The molecule has 12 rings (SSSR count). The van der Waals surface area contributed by atoms with Crippen molar-refractivity contribution in [3.05, 3.63) is 149 Å². The highest BCUT2D eigenvalue weighted by atomic mass is 32.1. The first-order chi connectivity index (χ1) is 30.7. The third kappa shape index (κ3) is 5.84. The third-order valence-electron chi connectivity index (χ3n) is 16.0. The van der Waals surface area contributed by atoms with Gasteiger partial charge in [0.15, 0.2) is 7.28 Å². The molecule has 0 bridgehead atoms. The van der Waals surface area contributed by atoms with Crippen LogP contribution >= 0.6 is 11.3 Å². The van der Waals surface area contributed by atoms with Gasteiger partial charge in [-0.1, -0.05) is 155 Å². The fraction of sp³-hybridized carbons (Fsp3) is 0.311. The minimum Gasteiger partial charge on any atom is -0.355 e. The molecule has 0 saturated heterocycles. The summed E-state index contributed by atoms with van der Waals surface area (Å²) in [5.41, 5.74) is 22.6. The van der Waals surface area contributed by atoms with Crippen LogP contribution in [0.5, 0.6) is 0 Å². The molecule has 3 aliphatic rings. The first kappa shape index (κ1) is 40.9. The minimum absolute atomic E-state index is 0.0518. The van der Waals surface area contributed by atoms with E-state index in [9.17, 15) is 0 Å². The Morgan fingerprint density at radius 2 is 1.25 bits per heavy atom. The van der Waals surface area contributed by atoms with Crippen molar-refractivity contribution >= 4 is 82.9 Å². The zero-order valence-corrected chi connectivity index (χ0v) is 41.1. The van der Waals surface area contributed by atoms with Crippen LogP contribution in [0.15, 0.2) is 115 Å². The molecule has 1 radical (unpaired) electrons. The van der Waals surface area contributed by atoms with E-state index in [-0.39, 0.29) is 27.1 Å². The van der Waals surface area contributed by atoms with Gasteiger partial charge in [-0.2, -0.15) is 0 Å². The van der Waals surface area contributed by atoms with Gasteiger partial charge < -0.3 is 9.88 Å². The maximum absolute atomic E-state index is 4.00. The highest BCUT2D eigenvalue weighted by Crippen LogP contribution is 2.54. The predicted octanol–water partition coefficient (Wildman–Crippen LogP) is 15.8. The van der Waals surface area contributed by atoms with E-state index in [2.05, 4.69) is 216 Å². The average Bonchev–Trinajstić information content (AvgIpc) is 3.88. The molecule has 1 aliphatic heterocycles. The highest BCUT2D eigenvalue weighted by molar-refractivity contribution is 7.27. The van der Waals surface area contributed by atoms with Crippen molar-refractivity contribution in [2.45, 2.75) is 123 Å². The van der Waals surface area contributed by atoms with Gasteiger partial charge in [0.1, 0.15) is 0 Å². The second-order valence-corrected chi connectivity index (χ2v) is 24.6. The van der Waals surface area contributed by atoms with Crippen LogP contribution in [0.2, 0.25) is 0 Å². The standard InChI is InChI=1S/C61H60BN2S/c1-57(2,3)34-21-24-36(25-22-34)63-47-26-23-35(58(4,5)6)29-40(47)51-52-38-18-14-16-20-50(38)65-56(52)53-41-30-44-45(60(9,10)28-27-59(44,7)8)33-48(41)64-49-31-39-37-17-13-15-19-42(37)61(11,12)43(39)32-46(49)62-54(51)55(53)64/h13-26,29-33,63H,27-28H2,1-12H3. The smallest absolute Gasteiger partial charge is 0.197 e. The van der Waals surface area contributed by atoms with Gasteiger partial charge in [0.25, 0.3) is 0 Å². The molecule has 4 heteroatoms. The second-order valence-electron chi connectivity index (χ2n) is 23.6. The highest BCUT2D eigenvalue weighted by Gasteiger charge is 2.41. The van der Waals surface area contributed by atoms with Crippen molar-refractivity contribution in [2.75, 3.05) is 5.32 Å². The van der Waals surface area contributed by atoms with Crippen molar-refractivity contribution in [1.82, 2.24) is 4.57 Å². The number of anilines is 2. The number of hydrogen-bond donors (Lipinski definition) is 1. The van der Waals surface area contributed by atoms with E-state index in [0.717, 1.165) is 11.4 Å². The molecule has 9 aromatic rings. The van der Waals surface area contributed by atoms with Gasteiger partial charge >= 0.3 is 0 Å². The zero-order chi connectivity index (χ0) is 45.3. The summed E-state index contributed by atoms with van der Waals surface area (Å²) >= 11 is 1.98. The van der Waals surface area contributed by atoms with Gasteiger partial charge in [-0.05, 0) is 139 Å². The third-order valence-corrected chi connectivity index (χ3v) is 17.2. The first-order valence-corrected chi connectivity index (χ1v) is 24.7. The van der Waals surface area contributed by atoms with Crippen LogP contribution in [0.1, 0.15) is 129 Å². The summed E-state index contributed by atoms with van der Waals surface area (Å²) in [6, 6.07) is 44.9. The normalized spacial score (nSPS) is 16.7. The number of nitrogens with one attached hydrogen (secondary N) is 1. The summed E-state index contributed by atoms with van der Waals surface area (Å²) in [6.45, 7) is 28.6. The maximum Gasteiger partial charge on any atom is 0.197 e. The second kappa shape index (κ2) is 13.3. The van der Waals surface area contributed by atoms with E-state index in [1.807, 2.05) is 11.3 Å². The number of hydrogen-bond acceptors (Lipinski definition) is 2. The summed E-state index contributed by atoms with van der Waals surface area (Å²) in [4.78, 5) is 0. The molecule has 2 aromatic heterocycles. The summed E-state index contributed by atoms with van der Waals surface area (Å²) in [6.07, 6.45) is 2.36. The van der Waals surface area contributed by atoms with Gasteiger partial charge in [0.2, 0.25) is 0 Å². The lowest BCUT2D eigenvalue weighted by molar-refractivity contribution is 0.332. The molecular formula is C61H60BN2S. The van der Waals surface area contributed by atoms with Gasteiger partial charge in [0, 0.05) is 59.0 Å². The molecular weight excluding hydrogens is 804 g/mol. The van der Waals surface area contributed by atoms with E-state index in [4.69, 9.17) is 0 Å². The van der Waals surface area contributed by atoms with Crippen molar-refractivity contribution in [2.24, 2.45) is 0 Å². The molecule has 65 heavy (non-hydrogen) atoms. The van der Waals surface area contributed by atoms with Gasteiger partial charge in [-0.25, -0.2) is 0 Å². The van der Waals surface area contributed by atoms with Crippen LogP contribution in [0.25, 0.3) is 69.9 Å². The van der Waals surface area contributed by atoms with E-state index >= 15 is 0 Å². The SMILES string of the molecule is CC(C)(C)c1ccc(Nc2ccc(C(C)(C)C)cc2-c2c3c4c(c5cc6c(cc5n4-c4cc5c(cc4[B]3)C(C)(C)c3ccccc3-5)C(C)(C)CCC6(C)C)c3sc4ccccc4c23)cc1. The number of thiophene rings is 1. The van der Waals surface area contributed by atoms with Gasteiger partial charge in [-0.3, -0.25) is 0 Å². The lowest BCUT2D eigenvalue weighted by Gasteiger charge is -2.42. The largest absolute Gasteiger partial charge is 0.355 e. The molecule has 0 atom stereocenters. The van der Waals surface area contributed by atoms with Crippen molar-refractivity contribution in [3.63, 3.8) is 0 Å². The van der Waals surface area contributed by atoms with Crippen LogP contribution < -0.4 is 16.2 Å². The van der Waals surface area contributed by atoms with Gasteiger partial charge in [0.05, 0.1) is 11.0 Å². The molecule has 0 saturated carbocycles. The number of fused-ring (bicyclic) bond motifs is 13. The van der Waals surface area contributed by atoms with E-state index in [0.29, 0.717) is 0 Å². The Labute approximate surface area is 390 Å². The van der Waals surface area contributed by atoms with E-state index in [1.54, 1.807) is 0 Å². The quantitative estimate of drug-likeness (QED) is 0.175. The Hall–Kier alpha value is -5.58. The lowest BCUT2D eigenvalue weighted by Crippen LogP contribution is -2.38. The summed E-state index contributed by atoms with van der Waals surface area (Å²) < 4.78 is 5.42. The fourth-order valence-corrected chi connectivity index (χ4v) is 13.2. The van der Waals surface area contributed by atoms with Crippen molar-refractivity contribution in [3.8, 4) is 27.9 Å². The monoisotopic (exact) mass is 863 g/mol. The molecule has 323 valence electrons. The average molecular weight is 864 g/mol. The molecule has 1 N–H and O–H groups in total. The summed E-state index contributed by atoms with van der Waals surface area (Å²) in [7, 11) is 2.58. The maximum atomic E-state index is 4.00. The van der Waals surface area contributed by atoms with Crippen LogP contribution in [0, 0.1) is 0 Å². The molecule has 0 amide bonds. The first-order valence-electron chi connectivity index (χ1n) is 23.9. The Balaban J connectivity index is 1.25. The van der Waals surface area contributed by atoms with Crippen LogP contribution in [-0.2, 0) is 27.1 Å². The lowest BCUT2D eigenvalue weighted by atomic mass is 9.57. The number of benzene rings is 7. The van der Waals surface area contributed by atoms with Crippen molar-refractivity contribution < 1.29 is 0 Å². The Morgan fingerprint density at radius 1 is 0.585 bits per heavy atom. The molecule has 0 fully saturated rings. The Kier molecular flexibility index (Phi) is 8.36. The number of rotatable bonds is 3. The fourth-order valence-electron chi connectivity index (χ4n) is 12.0. The zero-order valence-electron chi connectivity index (χ0n) is 40.3. The van der Waals surface area contributed by atoms with Gasteiger partial charge in [-0.15, -0.1) is 11.3 Å². The van der Waals surface area contributed by atoms with E-state index in [1.165, 1.54) is 127 Å². The summed E-state index contributed by atoms with van der Waals surface area (Å²) in [5, 5.41) is 9.45. The summed E-state index contributed by atoms with van der Waals surface area (Å²) in [5.74, 6) is 0. The Bertz CT molecular complexity index is 3520. The molecule has 0 unspecified atom stereocenters. The van der Waals surface area contributed by atoms with Crippen LogP contribution in [0.4, 0.5) is 11.4 Å². The molecule has 3 heterocycles. The number of nitrogens with zero attached hydrogens (tertiary/aromatic N) is 1.